The second-order valence-electron chi connectivity index (χ2n) is 7.89. The molecule has 1 fully saturated rings. The molecule has 0 aromatic carbocycles. The second-order valence-corrected chi connectivity index (χ2v) is 7.89. The molecule has 0 aliphatic heterocycles. The van der Waals surface area contributed by atoms with Crippen molar-refractivity contribution in [3.05, 3.63) is 0 Å². The lowest BCUT2D eigenvalue weighted by molar-refractivity contribution is -0.00140. The van der Waals surface area contributed by atoms with E-state index in [1.54, 1.807) is 0 Å². The summed E-state index contributed by atoms with van der Waals surface area (Å²) in [4.78, 5) is 0. The summed E-state index contributed by atoms with van der Waals surface area (Å²) in [6.07, 6.45) is 7.49. The van der Waals surface area contributed by atoms with Crippen LogP contribution >= 0.6 is 0 Å². The minimum Gasteiger partial charge on any atom is -0.394 e. The molecule has 3 heteroatoms. The van der Waals surface area contributed by atoms with Gasteiger partial charge in [0.05, 0.1) is 12.7 Å². The Bertz CT molecular complexity index is 272. The van der Waals surface area contributed by atoms with Gasteiger partial charge in [0.2, 0.25) is 0 Å². The summed E-state index contributed by atoms with van der Waals surface area (Å²) in [5.41, 5.74) is -0.151. The van der Waals surface area contributed by atoms with Gasteiger partial charge in [-0.25, -0.2) is 0 Å². The van der Waals surface area contributed by atoms with Gasteiger partial charge >= 0.3 is 0 Å². The molecule has 1 rings (SSSR count). The third-order valence-electron chi connectivity index (χ3n) is 4.60. The van der Waals surface area contributed by atoms with Gasteiger partial charge in [0.25, 0.3) is 0 Å². The molecule has 0 aromatic heterocycles. The van der Waals surface area contributed by atoms with Gasteiger partial charge in [0, 0.05) is 18.2 Å². The lowest BCUT2D eigenvalue weighted by Crippen LogP contribution is -2.49. The van der Waals surface area contributed by atoms with Gasteiger partial charge in [0.1, 0.15) is 0 Å². The summed E-state index contributed by atoms with van der Waals surface area (Å²) >= 11 is 0. The zero-order chi connectivity index (χ0) is 15.9. The maximum atomic E-state index is 9.56. The largest absolute Gasteiger partial charge is 0.394 e. The lowest BCUT2D eigenvalue weighted by Gasteiger charge is -2.32. The summed E-state index contributed by atoms with van der Waals surface area (Å²) in [5, 5.41) is 13.0. The van der Waals surface area contributed by atoms with Crippen LogP contribution in [-0.2, 0) is 4.74 Å². The standard InChI is InChI=1S/C18H37NO2/c1-14(2)19-18(5,13-20)8-6-7-9-21-17-11-15(3)10-16(4)12-17/h14-17,19-20H,6-13H2,1-5H3. The maximum absolute atomic E-state index is 9.56. The van der Waals surface area contributed by atoms with E-state index in [1.807, 2.05) is 0 Å². The first kappa shape index (κ1) is 18.9. The van der Waals surface area contributed by atoms with Crippen molar-refractivity contribution < 1.29 is 9.84 Å². The monoisotopic (exact) mass is 299 g/mol. The molecule has 1 aliphatic carbocycles. The summed E-state index contributed by atoms with van der Waals surface area (Å²) in [6.45, 7) is 12.1. The summed E-state index contributed by atoms with van der Waals surface area (Å²) < 4.78 is 6.07. The Morgan fingerprint density at radius 1 is 1.14 bits per heavy atom. The van der Waals surface area contributed by atoms with Gasteiger partial charge in [-0.15, -0.1) is 0 Å². The third kappa shape index (κ3) is 7.62. The van der Waals surface area contributed by atoms with Gasteiger partial charge < -0.3 is 15.2 Å². The second kappa shape index (κ2) is 9.12. The topological polar surface area (TPSA) is 41.5 Å². The molecule has 3 unspecified atom stereocenters. The first-order valence-corrected chi connectivity index (χ1v) is 8.85. The summed E-state index contributed by atoms with van der Waals surface area (Å²) in [6, 6.07) is 0.406. The molecule has 0 amide bonds. The molecule has 0 spiro atoms. The van der Waals surface area contributed by atoms with Gasteiger partial charge in [-0.2, -0.15) is 0 Å². The number of aliphatic hydroxyl groups excluding tert-OH is 1. The van der Waals surface area contributed by atoms with Crippen LogP contribution in [-0.4, -0.2) is 36.0 Å². The van der Waals surface area contributed by atoms with Gasteiger partial charge in [-0.1, -0.05) is 27.7 Å². The highest BCUT2D eigenvalue weighted by Gasteiger charge is 2.25. The van der Waals surface area contributed by atoms with E-state index in [0.717, 1.165) is 37.7 Å². The van der Waals surface area contributed by atoms with Crippen molar-refractivity contribution in [2.75, 3.05) is 13.2 Å². The first-order valence-electron chi connectivity index (χ1n) is 8.85. The van der Waals surface area contributed by atoms with Crippen LogP contribution < -0.4 is 5.32 Å². The van der Waals surface area contributed by atoms with Crippen LogP contribution in [0.15, 0.2) is 0 Å². The average Bonchev–Trinajstić information content (AvgIpc) is 2.36. The summed E-state index contributed by atoms with van der Waals surface area (Å²) in [5.74, 6) is 1.62. The van der Waals surface area contributed by atoms with E-state index in [2.05, 4.69) is 39.9 Å². The molecule has 21 heavy (non-hydrogen) atoms. The molecular formula is C18H37NO2. The fourth-order valence-electron chi connectivity index (χ4n) is 3.77. The van der Waals surface area contributed by atoms with Crippen LogP contribution in [0, 0.1) is 11.8 Å². The average molecular weight is 299 g/mol. The summed E-state index contributed by atoms with van der Waals surface area (Å²) in [7, 11) is 0. The van der Waals surface area contributed by atoms with Crippen molar-refractivity contribution in [3.8, 4) is 0 Å². The number of hydrogen-bond donors (Lipinski definition) is 2. The Balaban J connectivity index is 2.16. The van der Waals surface area contributed by atoms with Crippen molar-refractivity contribution >= 4 is 0 Å². The molecule has 0 bridgehead atoms. The number of nitrogens with one attached hydrogen (secondary N) is 1. The Morgan fingerprint density at radius 3 is 2.29 bits per heavy atom. The minimum absolute atomic E-state index is 0.151. The molecule has 1 saturated carbocycles. The molecule has 0 heterocycles. The molecule has 0 saturated heterocycles. The molecule has 2 N–H and O–H groups in total. The molecule has 0 aromatic rings. The van der Waals surface area contributed by atoms with Crippen LogP contribution in [0.25, 0.3) is 0 Å². The quantitative estimate of drug-likeness (QED) is 0.637. The van der Waals surface area contributed by atoms with Crippen molar-refractivity contribution in [3.63, 3.8) is 0 Å². The number of ether oxygens (including phenoxy) is 1. The maximum Gasteiger partial charge on any atom is 0.0610 e. The molecular weight excluding hydrogens is 262 g/mol. The third-order valence-corrected chi connectivity index (χ3v) is 4.60. The molecule has 3 nitrogen and oxygen atoms in total. The Kier molecular flexibility index (Phi) is 8.22. The molecule has 126 valence electrons. The highest BCUT2D eigenvalue weighted by atomic mass is 16.5. The van der Waals surface area contributed by atoms with Gasteiger partial charge in [-0.3, -0.25) is 0 Å². The number of rotatable bonds is 9. The number of aliphatic hydroxyl groups is 1. The highest BCUT2D eigenvalue weighted by Crippen LogP contribution is 2.30. The lowest BCUT2D eigenvalue weighted by atomic mass is 9.82. The van der Waals surface area contributed by atoms with Crippen molar-refractivity contribution in [1.82, 2.24) is 5.32 Å². The fourth-order valence-corrected chi connectivity index (χ4v) is 3.77. The molecule has 0 radical (unpaired) electrons. The van der Waals surface area contributed by atoms with Gasteiger partial charge in [0.15, 0.2) is 0 Å². The molecule has 1 aliphatic rings. The van der Waals surface area contributed by atoms with E-state index in [4.69, 9.17) is 4.74 Å². The normalized spacial score (nSPS) is 29.6. The van der Waals surface area contributed by atoms with Crippen molar-refractivity contribution in [1.29, 1.82) is 0 Å². The van der Waals surface area contributed by atoms with E-state index in [0.29, 0.717) is 12.1 Å². The van der Waals surface area contributed by atoms with Crippen LogP contribution in [0.1, 0.15) is 73.1 Å². The molecule has 3 atom stereocenters. The SMILES string of the molecule is CC1CC(C)CC(OCCCCC(C)(CO)NC(C)C)C1. The van der Waals surface area contributed by atoms with Crippen LogP contribution in [0.5, 0.6) is 0 Å². The van der Waals surface area contributed by atoms with Crippen molar-refractivity contribution in [2.24, 2.45) is 11.8 Å². The van der Waals surface area contributed by atoms with Crippen LogP contribution in [0.4, 0.5) is 0 Å². The van der Waals surface area contributed by atoms with E-state index in [1.165, 1.54) is 19.3 Å². The number of hydrogen-bond acceptors (Lipinski definition) is 3. The van der Waals surface area contributed by atoms with E-state index < -0.39 is 0 Å². The Hall–Kier alpha value is -0.120. The van der Waals surface area contributed by atoms with E-state index in [9.17, 15) is 5.11 Å². The predicted molar refractivity (Wildman–Crippen MR) is 89.5 cm³/mol. The van der Waals surface area contributed by atoms with Gasteiger partial charge in [-0.05, 0) is 57.3 Å². The van der Waals surface area contributed by atoms with E-state index >= 15 is 0 Å². The zero-order valence-corrected chi connectivity index (χ0v) is 14.8. The van der Waals surface area contributed by atoms with Crippen LogP contribution in [0.2, 0.25) is 0 Å². The highest BCUT2D eigenvalue weighted by molar-refractivity contribution is 4.83. The number of unbranched alkanes of at least 4 members (excludes halogenated alkanes) is 1. The zero-order valence-electron chi connectivity index (χ0n) is 14.8. The van der Waals surface area contributed by atoms with Crippen molar-refractivity contribution in [2.45, 2.75) is 90.8 Å². The first-order chi connectivity index (χ1) is 9.84. The smallest absolute Gasteiger partial charge is 0.0610 e. The Labute approximate surface area is 131 Å². The van der Waals surface area contributed by atoms with E-state index in [-0.39, 0.29) is 12.1 Å². The Morgan fingerprint density at radius 2 is 1.76 bits per heavy atom. The minimum atomic E-state index is -0.151. The fraction of sp³-hybridized carbons (Fsp3) is 1.00. The van der Waals surface area contributed by atoms with Crippen LogP contribution in [0.3, 0.4) is 0 Å². The predicted octanol–water partition coefficient (Wildman–Crippen LogP) is 3.75.